The summed E-state index contributed by atoms with van der Waals surface area (Å²) < 4.78 is 10.6. The Morgan fingerprint density at radius 2 is 0.920 bits per heavy atom. The van der Waals surface area contributed by atoms with Crippen molar-refractivity contribution in [3.8, 4) is 0 Å². The number of hydrogen-bond acceptors (Lipinski definition) is 5. The van der Waals surface area contributed by atoms with Crippen molar-refractivity contribution in [3.63, 3.8) is 0 Å². The highest BCUT2D eigenvalue weighted by Gasteiger charge is 2.04. The molecule has 0 saturated carbocycles. The first-order valence-corrected chi connectivity index (χ1v) is 11.3. The zero-order valence-electron chi connectivity index (χ0n) is 15.8. The third-order valence-electron chi connectivity index (χ3n) is 4.40. The van der Waals surface area contributed by atoms with Crippen LogP contribution in [0.2, 0.25) is 0 Å². The van der Waals surface area contributed by atoms with E-state index in [-0.39, 0.29) is 11.9 Å². The summed E-state index contributed by atoms with van der Waals surface area (Å²) >= 11 is 1.91. The fraction of sp³-hybridized carbons (Fsp3) is 0.900. The Hall–Kier alpha value is -0.710. The van der Waals surface area contributed by atoms with Crippen molar-refractivity contribution in [2.75, 3.05) is 24.7 Å². The summed E-state index contributed by atoms with van der Waals surface area (Å²) in [6.07, 6.45) is 14.2. The summed E-state index contributed by atoms with van der Waals surface area (Å²) in [5.41, 5.74) is 0. The summed E-state index contributed by atoms with van der Waals surface area (Å²) in [7, 11) is 0. The minimum Gasteiger partial charge on any atom is -0.466 e. The SMILES string of the molecule is O=C1CCCCSCCCCC(=O)OCCCCCCCCCCO1. The number of esters is 2. The number of rotatable bonds is 0. The summed E-state index contributed by atoms with van der Waals surface area (Å²) in [6, 6.07) is 0. The summed E-state index contributed by atoms with van der Waals surface area (Å²) in [5.74, 6) is 2.08. The average molecular weight is 373 g/mol. The third kappa shape index (κ3) is 15.3. The topological polar surface area (TPSA) is 52.6 Å². The molecule has 1 rings (SSSR count). The molecule has 1 aliphatic rings. The Bertz CT molecular complexity index is 315. The van der Waals surface area contributed by atoms with Crippen LogP contribution < -0.4 is 0 Å². The molecule has 0 atom stereocenters. The van der Waals surface area contributed by atoms with Gasteiger partial charge in [0, 0.05) is 12.8 Å². The quantitative estimate of drug-likeness (QED) is 0.541. The molecule has 1 aliphatic heterocycles. The van der Waals surface area contributed by atoms with E-state index in [2.05, 4.69) is 0 Å². The van der Waals surface area contributed by atoms with Crippen molar-refractivity contribution in [1.82, 2.24) is 0 Å². The monoisotopic (exact) mass is 372 g/mol. The van der Waals surface area contributed by atoms with Crippen LogP contribution in [0.3, 0.4) is 0 Å². The molecule has 1 saturated heterocycles. The largest absolute Gasteiger partial charge is 0.466 e. The molecule has 1 fully saturated rings. The summed E-state index contributed by atoms with van der Waals surface area (Å²) in [6.45, 7) is 1.16. The van der Waals surface area contributed by atoms with Crippen molar-refractivity contribution in [2.45, 2.75) is 89.9 Å². The summed E-state index contributed by atoms with van der Waals surface area (Å²) in [4.78, 5) is 23.2. The predicted molar refractivity (Wildman–Crippen MR) is 104 cm³/mol. The van der Waals surface area contributed by atoms with Gasteiger partial charge in [0.2, 0.25) is 0 Å². The molecule has 0 N–H and O–H groups in total. The van der Waals surface area contributed by atoms with Crippen LogP contribution in [0.25, 0.3) is 0 Å². The van der Waals surface area contributed by atoms with Crippen LogP contribution in [-0.2, 0) is 19.1 Å². The predicted octanol–water partition coefficient (Wildman–Crippen LogP) is 5.28. The van der Waals surface area contributed by atoms with Gasteiger partial charge in [0.1, 0.15) is 0 Å². The number of thioether (sulfide) groups is 1. The first-order chi connectivity index (χ1) is 12.3. The molecular weight excluding hydrogens is 336 g/mol. The molecule has 1 heterocycles. The van der Waals surface area contributed by atoms with Gasteiger partial charge in [0.05, 0.1) is 13.2 Å². The number of ether oxygens (including phenoxy) is 2. The molecule has 146 valence electrons. The molecule has 0 aromatic rings. The fourth-order valence-electron chi connectivity index (χ4n) is 2.83. The number of cyclic esters (lactones) is 2. The normalized spacial score (nSPS) is 22.6. The first-order valence-electron chi connectivity index (χ1n) is 10.2. The van der Waals surface area contributed by atoms with Gasteiger partial charge in [-0.2, -0.15) is 11.8 Å². The van der Waals surface area contributed by atoms with Gasteiger partial charge in [-0.1, -0.05) is 38.5 Å². The maximum atomic E-state index is 11.6. The molecule has 0 aromatic heterocycles. The van der Waals surface area contributed by atoms with Crippen LogP contribution in [0.15, 0.2) is 0 Å². The molecule has 25 heavy (non-hydrogen) atoms. The molecule has 0 aromatic carbocycles. The standard InChI is InChI=1S/C20H36O4S/c21-19-13-7-11-17-25-18-12-8-14-20(22)24-16-10-6-4-2-1-3-5-9-15-23-19/h1-18H2. The van der Waals surface area contributed by atoms with Crippen molar-refractivity contribution >= 4 is 23.7 Å². The van der Waals surface area contributed by atoms with Crippen LogP contribution in [0.5, 0.6) is 0 Å². The van der Waals surface area contributed by atoms with Crippen molar-refractivity contribution in [1.29, 1.82) is 0 Å². The molecule has 0 spiro atoms. The second kappa shape index (κ2) is 16.7. The summed E-state index contributed by atoms with van der Waals surface area (Å²) in [5, 5.41) is 0. The van der Waals surface area contributed by atoms with Gasteiger partial charge >= 0.3 is 11.9 Å². The first kappa shape index (κ1) is 22.3. The van der Waals surface area contributed by atoms with Gasteiger partial charge in [0.25, 0.3) is 0 Å². The Kier molecular flexibility index (Phi) is 15.0. The number of carbonyl (C=O) groups excluding carboxylic acids is 2. The smallest absolute Gasteiger partial charge is 0.305 e. The highest BCUT2D eigenvalue weighted by Crippen LogP contribution is 2.12. The number of hydrogen-bond donors (Lipinski definition) is 0. The Labute approximate surface area is 157 Å². The highest BCUT2D eigenvalue weighted by atomic mass is 32.2. The molecule has 0 aliphatic carbocycles. The second-order valence-electron chi connectivity index (χ2n) is 6.80. The highest BCUT2D eigenvalue weighted by molar-refractivity contribution is 7.99. The Morgan fingerprint density at radius 1 is 0.520 bits per heavy atom. The lowest BCUT2D eigenvalue weighted by molar-refractivity contribution is -0.144. The Balaban J connectivity index is 2.16. The fourth-order valence-corrected chi connectivity index (χ4v) is 3.85. The molecule has 0 bridgehead atoms. The van der Waals surface area contributed by atoms with Gasteiger partial charge in [-0.05, 0) is 50.0 Å². The second-order valence-corrected chi connectivity index (χ2v) is 8.02. The van der Waals surface area contributed by atoms with Crippen LogP contribution >= 0.6 is 11.8 Å². The van der Waals surface area contributed by atoms with Gasteiger partial charge in [-0.25, -0.2) is 0 Å². The van der Waals surface area contributed by atoms with Crippen LogP contribution in [0.4, 0.5) is 0 Å². The van der Waals surface area contributed by atoms with Crippen LogP contribution in [-0.4, -0.2) is 36.7 Å². The van der Waals surface area contributed by atoms with Crippen LogP contribution in [0.1, 0.15) is 89.9 Å². The van der Waals surface area contributed by atoms with E-state index < -0.39 is 0 Å². The van der Waals surface area contributed by atoms with E-state index in [1.54, 1.807) is 0 Å². The van der Waals surface area contributed by atoms with Crippen LogP contribution in [0, 0.1) is 0 Å². The third-order valence-corrected chi connectivity index (χ3v) is 5.56. The van der Waals surface area contributed by atoms with E-state index in [1.165, 1.54) is 25.7 Å². The minimum atomic E-state index is -0.0399. The van der Waals surface area contributed by atoms with Crippen molar-refractivity contribution < 1.29 is 19.1 Å². The van der Waals surface area contributed by atoms with E-state index in [0.717, 1.165) is 62.9 Å². The molecule has 0 unspecified atom stereocenters. The van der Waals surface area contributed by atoms with Gasteiger partial charge in [0.15, 0.2) is 0 Å². The zero-order valence-corrected chi connectivity index (χ0v) is 16.6. The lowest BCUT2D eigenvalue weighted by Crippen LogP contribution is -2.06. The van der Waals surface area contributed by atoms with E-state index >= 15 is 0 Å². The maximum absolute atomic E-state index is 11.6. The van der Waals surface area contributed by atoms with E-state index in [1.807, 2.05) is 11.8 Å². The van der Waals surface area contributed by atoms with Gasteiger partial charge in [-0.3, -0.25) is 9.59 Å². The molecule has 5 heteroatoms. The minimum absolute atomic E-state index is 0.0399. The molecule has 4 nitrogen and oxygen atoms in total. The van der Waals surface area contributed by atoms with Crippen molar-refractivity contribution in [2.24, 2.45) is 0 Å². The van der Waals surface area contributed by atoms with Gasteiger partial charge < -0.3 is 9.47 Å². The molecule has 0 amide bonds. The van der Waals surface area contributed by atoms with E-state index in [9.17, 15) is 9.59 Å². The van der Waals surface area contributed by atoms with Gasteiger partial charge in [-0.15, -0.1) is 0 Å². The maximum Gasteiger partial charge on any atom is 0.305 e. The van der Waals surface area contributed by atoms with Crippen molar-refractivity contribution in [3.05, 3.63) is 0 Å². The zero-order chi connectivity index (χ0) is 18.0. The number of carbonyl (C=O) groups is 2. The molecular formula is C20H36O4S. The van der Waals surface area contributed by atoms with E-state index in [0.29, 0.717) is 26.1 Å². The lowest BCUT2D eigenvalue weighted by atomic mass is 10.1. The van der Waals surface area contributed by atoms with E-state index in [4.69, 9.17) is 9.47 Å². The molecule has 0 radical (unpaired) electrons. The lowest BCUT2D eigenvalue weighted by Gasteiger charge is -2.05. The Morgan fingerprint density at radius 3 is 1.36 bits per heavy atom. The average Bonchev–Trinajstić information content (AvgIpc) is 2.60.